The Kier molecular flexibility index (Phi) is 6.02. The minimum absolute atomic E-state index is 0.154. The molecule has 37 heavy (non-hydrogen) atoms. The summed E-state index contributed by atoms with van der Waals surface area (Å²) in [5.41, 5.74) is 5.18. The van der Waals surface area contributed by atoms with Crippen LogP contribution in [0.2, 0.25) is 0 Å². The number of hydrogen-bond acceptors (Lipinski definition) is 4. The SMILES string of the molecule is COC(=O)c1ccccc1N(C)c1cccc(C(=O)Nc2ccc(C34CC5CC(CC(C5)C3)C4)cc2)c1. The number of carbonyl (C=O) groups excluding carboxylic acids is 2. The Bertz CT molecular complexity index is 1290. The molecule has 1 N–H and O–H groups in total. The highest BCUT2D eigenvalue weighted by atomic mass is 16.5. The van der Waals surface area contributed by atoms with E-state index in [0.29, 0.717) is 22.2 Å². The zero-order chi connectivity index (χ0) is 25.6. The highest BCUT2D eigenvalue weighted by Crippen LogP contribution is 2.60. The fourth-order valence-electron chi connectivity index (χ4n) is 7.62. The Balaban J connectivity index is 1.18. The lowest BCUT2D eigenvalue weighted by atomic mass is 9.48. The van der Waals surface area contributed by atoms with E-state index < -0.39 is 5.97 Å². The van der Waals surface area contributed by atoms with Gasteiger partial charge in [0.2, 0.25) is 0 Å². The van der Waals surface area contributed by atoms with Gasteiger partial charge in [-0.3, -0.25) is 4.79 Å². The minimum atomic E-state index is -0.395. The van der Waals surface area contributed by atoms with Crippen molar-refractivity contribution in [2.45, 2.75) is 43.9 Å². The normalized spacial score (nSPS) is 25.5. The van der Waals surface area contributed by atoms with E-state index in [0.717, 1.165) is 29.1 Å². The van der Waals surface area contributed by atoms with Gasteiger partial charge >= 0.3 is 5.97 Å². The largest absolute Gasteiger partial charge is 0.465 e. The zero-order valence-electron chi connectivity index (χ0n) is 21.6. The molecule has 0 unspecified atom stereocenters. The van der Waals surface area contributed by atoms with Crippen molar-refractivity contribution >= 4 is 28.9 Å². The number of anilines is 3. The van der Waals surface area contributed by atoms with Gasteiger partial charge < -0.3 is 15.0 Å². The van der Waals surface area contributed by atoms with E-state index >= 15 is 0 Å². The van der Waals surface area contributed by atoms with E-state index in [1.807, 2.05) is 54.4 Å². The van der Waals surface area contributed by atoms with E-state index in [4.69, 9.17) is 4.74 Å². The predicted molar refractivity (Wildman–Crippen MR) is 147 cm³/mol. The molecule has 4 fully saturated rings. The van der Waals surface area contributed by atoms with Crippen LogP contribution in [-0.2, 0) is 10.2 Å². The number of ether oxygens (including phenoxy) is 1. The summed E-state index contributed by atoms with van der Waals surface area (Å²) in [6, 6.07) is 23.3. The van der Waals surface area contributed by atoms with E-state index in [1.54, 1.807) is 6.07 Å². The number of carbonyl (C=O) groups is 2. The lowest BCUT2D eigenvalue weighted by Gasteiger charge is -2.57. The molecule has 0 aromatic heterocycles. The molecule has 190 valence electrons. The van der Waals surface area contributed by atoms with E-state index in [2.05, 4.69) is 29.6 Å². The van der Waals surface area contributed by atoms with Gasteiger partial charge in [-0.2, -0.15) is 0 Å². The molecule has 4 saturated carbocycles. The zero-order valence-corrected chi connectivity index (χ0v) is 21.6. The Hall–Kier alpha value is -3.60. The summed E-state index contributed by atoms with van der Waals surface area (Å²) in [6.07, 6.45) is 8.33. The average Bonchev–Trinajstić information content (AvgIpc) is 2.92. The van der Waals surface area contributed by atoms with Crippen molar-refractivity contribution in [1.29, 1.82) is 0 Å². The molecule has 4 aliphatic rings. The third-order valence-electron chi connectivity index (χ3n) is 8.96. The number of para-hydroxylation sites is 1. The maximum Gasteiger partial charge on any atom is 0.339 e. The number of hydrogen-bond donors (Lipinski definition) is 1. The van der Waals surface area contributed by atoms with Crippen LogP contribution in [0, 0.1) is 17.8 Å². The first-order valence-electron chi connectivity index (χ1n) is 13.4. The van der Waals surface area contributed by atoms with Crippen LogP contribution >= 0.6 is 0 Å². The molecular formula is C32H34N2O3. The first-order chi connectivity index (χ1) is 17.9. The lowest BCUT2D eigenvalue weighted by Crippen LogP contribution is -2.48. The monoisotopic (exact) mass is 494 g/mol. The number of nitrogens with one attached hydrogen (secondary N) is 1. The van der Waals surface area contributed by atoms with Crippen molar-refractivity contribution in [3.05, 3.63) is 89.5 Å². The number of esters is 1. The second kappa shape index (κ2) is 9.37. The van der Waals surface area contributed by atoms with Crippen molar-refractivity contribution in [1.82, 2.24) is 0 Å². The molecule has 3 aromatic rings. The Morgan fingerprint density at radius 2 is 1.51 bits per heavy atom. The van der Waals surface area contributed by atoms with Crippen molar-refractivity contribution < 1.29 is 14.3 Å². The molecular weight excluding hydrogens is 460 g/mol. The molecule has 5 nitrogen and oxygen atoms in total. The fraction of sp³-hybridized carbons (Fsp3) is 0.375. The smallest absolute Gasteiger partial charge is 0.339 e. The quantitative estimate of drug-likeness (QED) is 0.376. The topological polar surface area (TPSA) is 58.6 Å². The van der Waals surface area contributed by atoms with Gasteiger partial charge in [0.15, 0.2) is 0 Å². The number of nitrogens with zero attached hydrogens (tertiary/aromatic N) is 1. The molecule has 4 bridgehead atoms. The van der Waals surface area contributed by atoms with Crippen LogP contribution in [0.5, 0.6) is 0 Å². The van der Waals surface area contributed by atoms with E-state index in [-0.39, 0.29) is 5.91 Å². The van der Waals surface area contributed by atoms with Gasteiger partial charge in [-0.1, -0.05) is 30.3 Å². The molecule has 7 rings (SSSR count). The van der Waals surface area contributed by atoms with Crippen LogP contribution in [0.3, 0.4) is 0 Å². The molecule has 0 radical (unpaired) electrons. The van der Waals surface area contributed by atoms with Crippen LogP contribution in [-0.4, -0.2) is 26.0 Å². The van der Waals surface area contributed by atoms with Gasteiger partial charge in [-0.25, -0.2) is 4.79 Å². The van der Waals surface area contributed by atoms with Crippen LogP contribution in [0.25, 0.3) is 0 Å². The Labute approximate surface area is 218 Å². The summed E-state index contributed by atoms with van der Waals surface area (Å²) in [6.45, 7) is 0. The molecule has 0 saturated heterocycles. The maximum atomic E-state index is 13.1. The summed E-state index contributed by atoms with van der Waals surface area (Å²) >= 11 is 0. The minimum Gasteiger partial charge on any atom is -0.465 e. The van der Waals surface area contributed by atoms with Crippen LogP contribution in [0.1, 0.15) is 64.8 Å². The van der Waals surface area contributed by atoms with Crippen molar-refractivity contribution in [2.24, 2.45) is 17.8 Å². The van der Waals surface area contributed by atoms with Gasteiger partial charge in [0.1, 0.15) is 0 Å². The standard InChI is InChI=1S/C32H34N2O3/c1-34(29-9-4-3-8-28(29)31(36)37-2)27-7-5-6-24(17-27)30(35)33-26-12-10-25(11-13-26)32-18-21-14-22(19-32)16-23(15-21)20-32/h3-13,17,21-23H,14-16,18-20H2,1-2H3,(H,33,35). The number of benzene rings is 3. The molecule has 4 aliphatic carbocycles. The van der Waals surface area contributed by atoms with E-state index in [9.17, 15) is 9.59 Å². The van der Waals surface area contributed by atoms with E-state index in [1.165, 1.54) is 51.2 Å². The van der Waals surface area contributed by atoms with Crippen LogP contribution in [0.4, 0.5) is 17.1 Å². The van der Waals surface area contributed by atoms with Gasteiger partial charge in [-0.05, 0) is 110 Å². The van der Waals surface area contributed by atoms with Crippen molar-refractivity contribution in [3.8, 4) is 0 Å². The molecule has 5 heteroatoms. The average molecular weight is 495 g/mol. The molecule has 0 spiro atoms. The van der Waals surface area contributed by atoms with Crippen LogP contribution < -0.4 is 10.2 Å². The first kappa shape index (κ1) is 23.8. The summed E-state index contributed by atoms with van der Waals surface area (Å²) in [7, 11) is 3.25. The van der Waals surface area contributed by atoms with Crippen molar-refractivity contribution in [3.63, 3.8) is 0 Å². The highest BCUT2D eigenvalue weighted by Gasteiger charge is 2.51. The summed E-state index contributed by atoms with van der Waals surface area (Å²) < 4.78 is 4.94. The summed E-state index contributed by atoms with van der Waals surface area (Å²) in [5.74, 6) is 2.19. The first-order valence-corrected chi connectivity index (χ1v) is 13.4. The van der Waals surface area contributed by atoms with Crippen molar-refractivity contribution in [2.75, 3.05) is 24.4 Å². The molecule has 0 atom stereocenters. The number of methoxy groups -OCH3 is 1. The molecule has 3 aromatic carbocycles. The predicted octanol–water partition coefficient (Wildman–Crippen LogP) is 6.96. The molecule has 0 aliphatic heterocycles. The third-order valence-corrected chi connectivity index (χ3v) is 8.96. The van der Waals surface area contributed by atoms with Gasteiger partial charge in [0.25, 0.3) is 5.91 Å². The van der Waals surface area contributed by atoms with Gasteiger partial charge in [0, 0.05) is 24.0 Å². The van der Waals surface area contributed by atoms with Crippen LogP contribution in [0.15, 0.2) is 72.8 Å². The molecule has 1 amide bonds. The highest BCUT2D eigenvalue weighted by molar-refractivity contribution is 6.05. The van der Waals surface area contributed by atoms with Gasteiger partial charge in [0.05, 0.1) is 18.4 Å². The summed E-state index contributed by atoms with van der Waals surface area (Å²) in [5, 5.41) is 3.07. The number of amides is 1. The maximum absolute atomic E-state index is 13.1. The molecule has 0 heterocycles. The summed E-state index contributed by atoms with van der Waals surface area (Å²) in [4.78, 5) is 27.3. The second-order valence-electron chi connectivity index (χ2n) is 11.3. The fourth-order valence-corrected chi connectivity index (χ4v) is 7.62. The third kappa shape index (κ3) is 4.41. The number of rotatable bonds is 6. The second-order valence-corrected chi connectivity index (χ2v) is 11.3. The lowest BCUT2D eigenvalue weighted by molar-refractivity contribution is -0.00518. The Morgan fingerprint density at radius 1 is 0.865 bits per heavy atom. The Morgan fingerprint density at radius 3 is 2.16 bits per heavy atom. The van der Waals surface area contributed by atoms with Gasteiger partial charge in [-0.15, -0.1) is 0 Å².